The molecule has 0 aliphatic carbocycles. The fourth-order valence-corrected chi connectivity index (χ4v) is 4.01. The lowest BCUT2D eigenvalue weighted by Gasteiger charge is -2.09. The van der Waals surface area contributed by atoms with Crippen molar-refractivity contribution in [2.24, 2.45) is 0 Å². The Labute approximate surface area is 216 Å². The van der Waals surface area contributed by atoms with E-state index in [0.29, 0.717) is 33.8 Å². The van der Waals surface area contributed by atoms with Crippen LogP contribution in [0.4, 0.5) is 11.4 Å². The zero-order valence-corrected chi connectivity index (χ0v) is 20.9. The molecule has 2 aromatic carbocycles. The first-order valence-electron chi connectivity index (χ1n) is 10.7. The minimum Gasteiger partial charge on any atom is -0.345 e. The molecule has 2 N–H and O–H groups in total. The highest BCUT2D eigenvalue weighted by atomic mass is 35.5. The van der Waals surface area contributed by atoms with Gasteiger partial charge in [0.15, 0.2) is 11.0 Å². The van der Waals surface area contributed by atoms with E-state index in [4.69, 9.17) is 11.6 Å². The third-order valence-electron chi connectivity index (χ3n) is 4.88. The average molecular weight is 527 g/mol. The van der Waals surface area contributed by atoms with E-state index in [1.54, 1.807) is 47.9 Å². The summed E-state index contributed by atoms with van der Waals surface area (Å²) in [6.07, 6.45) is 4.66. The van der Waals surface area contributed by atoms with Crippen LogP contribution in [-0.2, 0) is 22.7 Å². The number of halogens is 1. The lowest BCUT2D eigenvalue weighted by Crippen LogP contribution is -2.23. The van der Waals surface area contributed by atoms with Crippen LogP contribution in [0.3, 0.4) is 0 Å². The van der Waals surface area contributed by atoms with Gasteiger partial charge >= 0.3 is 0 Å². The van der Waals surface area contributed by atoms with Gasteiger partial charge in [-0.25, -0.2) is 0 Å². The number of allylic oxidation sites excluding steroid dienone is 1. The van der Waals surface area contributed by atoms with Gasteiger partial charge in [0.25, 0.3) is 5.69 Å². The molecule has 0 bridgehead atoms. The highest BCUT2D eigenvalue weighted by molar-refractivity contribution is 7.99. The van der Waals surface area contributed by atoms with Crippen LogP contribution in [0, 0.1) is 17.0 Å². The molecule has 0 radical (unpaired) electrons. The molecule has 186 valence electrons. The molecule has 12 heteroatoms. The number of nitro benzene ring substituents is 1. The number of aromatic nitrogens is 3. The molecule has 10 nitrogen and oxygen atoms in total. The number of aryl methyl sites for hydroxylation is 1. The number of non-ortho nitro benzene ring substituents is 1. The standard InChI is InChI=1S/C24H23ClN6O4S/c1-3-12-30-21(14-26-22(32)11-9-17-6-4-5-7-19(17)25)28-29-24(30)36-15-23(33)27-20-13-18(31(34)35)10-8-16(20)2/h3-11,13H,1,12,14-15H2,2H3,(H,26,32)(H,27,33)/b11-9+. The Morgan fingerprint density at radius 2 is 2.03 bits per heavy atom. The largest absolute Gasteiger partial charge is 0.345 e. The zero-order chi connectivity index (χ0) is 26.1. The Morgan fingerprint density at radius 1 is 1.25 bits per heavy atom. The third kappa shape index (κ3) is 7.27. The summed E-state index contributed by atoms with van der Waals surface area (Å²) in [6, 6.07) is 11.4. The Morgan fingerprint density at radius 3 is 2.75 bits per heavy atom. The van der Waals surface area contributed by atoms with Crippen LogP contribution in [-0.4, -0.2) is 37.3 Å². The van der Waals surface area contributed by atoms with E-state index in [2.05, 4.69) is 27.4 Å². The summed E-state index contributed by atoms with van der Waals surface area (Å²) in [6.45, 7) is 5.98. The van der Waals surface area contributed by atoms with E-state index >= 15 is 0 Å². The van der Waals surface area contributed by atoms with Gasteiger partial charge in [0, 0.05) is 29.8 Å². The quantitative estimate of drug-likeness (QED) is 0.124. The summed E-state index contributed by atoms with van der Waals surface area (Å²) < 4.78 is 1.74. The Kier molecular flexibility index (Phi) is 9.37. The van der Waals surface area contributed by atoms with Crippen molar-refractivity contribution in [1.29, 1.82) is 0 Å². The Balaban J connectivity index is 1.60. The number of carbonyl (C=O) groups is 2. The number of anilines is 1. The molecule has 2 amide bonds. The van der Waals surface area contributed by atoms with Crippen LogP contribution in [0.2, 0.25) is 5.02 Å². The second-order valence-corrected chi connectivity index (χ2v) is 8.81. The fraction of sp³-hybridized carbons (Fsp3) is 0.167. The maximum atomic E-state index is 12.5. The SMILES string of the molecule is C=CCn1c(CNC(=O)/C=C/c2ccccc2Cl)nnc1SCC(=O)Nc1cc([N+](=O)[O-])ccc1C. The molecule has 0 aliphatic rings. The first-order chi connectivity index (χ1) is 17.3. The highest BCUT2D eigenvalue weighted by Gasteiger charge is 2.15. The number of hydrogen-bond acceptors (Lipinski definition) is 7. The molecule has 0 spiro atoms. The van der Waals surface area contributed by atoms with Gasteiger partial charge in [0.2, 0.25) is 11.8 Å². The first-order valence-corrected chi connectivity index (χ1v) is 12.1. The highest BCUT2D eigenvalue weighted by Crippen LogP contribution is 2.23. The van der Waals surface area contributed by atoms with E-state index in [9.17, 15) is 19.7 Å². The normalized spacial score (nSPS) is 10.8. The lowest BCUT2D eigenvalue weighted by atomic mass is 10.2. The van der Waals surface area contributed by atoms with Gasteiger partial charge in [-0.1, -0.05) is 53.7 Å². The summed E-state index contributed by atoms with van der Waals surface area (Å²) in [5.41, 5.74) is 1.69. The predicted octanol–water partition coefficient (Wildman–Crippen LogP) is 4.39. The maximum absolute atomic E-state index is 12.5. The number of hydrogen-bond donors (Lipinski definition) is 2. The predicted molar refractivity (Wildman–Crippen MR) is 140 cm³/mol. The third-order valence-corrected chi connectivity index (χ3v) is 6.19. The Bertz CT molecular complexity index is 1320. The summed E-state index contributed by atoms with van der Waals surface area (Å²) in [5.74, 6) is -0.184. The van der Waals surface area contributed by atoms with Crippen molar-refractivity contribution in [3.63, 3.8) is 0 Å². The number of benzene rings is 2. The molecule has 0 fully saturated rings. The first kappa shape index (κ1) is 26.6. The molecule has 36 heavy (non-hydrogen) atoms. The van der Waals surface area contributed by atoms with Crippen molar-refractivity contribution in [3.05, 3.63) is 93.3 Å². The van der Waals surface area contributed by atoms with Crippen molar-refractivity contribution in [3.8, 4) is 0 Å². The average Bonchev–Trinajstić information content (AvgIpc) is 3.23. The topological polar surface area (TPSA) is 132 Å². The van der Waals surface area contributed by atoms with Gasteiger partial charge < -0.3 is 15.2 Å². The summed E-state index contributed by atoms with van der Waals surface area (Å²) in [5, 5.41) is 25.7. The zero-order valence-electron chi connectivity index (χ0n) is 19.3. The van der Waals surface area contributed by atoms with E-state index in [0.717, 1.165) is 17.3 Å². The van der Waals surface area contributed by atoms with Crippen molar-refractivity contribution in [2.45, 2.75) is 25.2 Å². The number of amides is 2. The minimum absolute atomic E-state index is 0.00431. The van der Waals surface area contributed by atoms with Gasteiger partial charge in [0.1, 0.15) is 0 Å². The van der Waals surface area contributed by atoms with Crippen LogP contribution in [0.5, 0.6) is 0 Å². The molecule has 1 aromatic heterocycles. The number of rotatable bonds is 11. The Hall–Kier alpha value is -3.96. The van der Waals surface area contributed by atoms with Crippen molar-refractivity contribution >= 4 is 52.6 Å². The van der Waals surface area contributed by atoms with E-state index < -0.39 is 4.92 Å². The monoisotopic (exact) mass is 526 g/mol. The van der Waals surface area contributed by atoms with Crippen LogP contribution < -0.4 is 10.6 Å². The van der Waals surface area contributed by atoms with E-state index in [1.807, 2.05) is 6.07 Å². The molecule has 0 atom stereocenters. The van der Waals surface area contributed by atoms with Gasteiger partial charge in [-0.2, -0.15) is 0 Å². The minimum atomic E-state index is -0.519. The van der Waals surface area contributed by atoms with E-state index in [-0.39, 0.29) is 29.8 Å². The van der Waals surface area contributed by atoms with Gasteiger partial charge in [-0.3, -0.25) is 19.7 Å². The molecule has 3 aromatic rings. The molecular weight excluding hydrogens is 504 g/mol. The van der Waals surface area contributed by atoms with E-state index in [1.165, 1.54) is 18.2 Å². The fourth-order valence-electron chi connectivity index (χ4n) is 3.04. The lowest BCUT2D eigenvalue weighted by molar-refractivity contribution is -0.384. The van der Waals surface area contributed by atoms with Crippen molar-refractivity contribution < 1.29 is 14.5 Å². The van der Waals surface area contributed by atoms with Crippen LogP contribution in [0.1, 0.15) is 17.0 Å². The molecular formula is C24H23ClN6O4S. The van der Waals surface area contributed by atoms with Crippen LogP contribution >= 0.6 is 23.4 Å². The number of nitrogens with one attached hydrogen (secondary N) is 2. The van der Waals surface area contributed by atoms with Crippen molar-refractivity contribution in [2.75, 3.05) is 11.1 Å². The van der Waals surface area contributed by atoms with Gasteiger partial charge in [-0.05, 0) is 30.2 Å². The molecule has 3 rings (SSSR count). The molecule has 1 heterocycles. The second-order valence-electron chi connectivity index (χ2n) is 7.46. The summed E-state index contributed by atoms with van der Waals surface area (Å²) in [7, 11) is 0. The van der Waals surface area contributed by atoms with Gasteiger partial charge in [0.05, 0.1) is 22.9 Å². The number of nitrogens with zero attached hydrogens (tertiary/aromatic N) is 4. The smallest absolute Gasteiger partial charge is 0.271 e. The second kappa shape index (κ2) is 12.7. The number of thioether (sulfide) groups is 1. The maximum Gasteiger partial charge on any atom is 0.271 e. The van der Waals surface area contributed by atoms with Crippen LogP contribution in [0.25, 0.3) is 6.08 Å². The number of carbonyl (C=O) groups excluding carboxylic acids is 2. The molecule has 0 aliphatic heterocycles. The van der Waals surface area contributed by atoms with Crippen molar-refractivity contribution in [1.82, 2.24) is 20.1 Å². The molecule has 0 saturated heterocycles. The molecule has 0 saturated carbocycles. The molecule has 0 unspecified atom stereocenters. The number of nitro groups is 1. The van der Waals surface area contributed by atoms with Gasteiger partial charge in [-0.15, -0.1) is 16.8 Å². The summed E-state index contributed by atoms with van der Waals surface area (Å²) in [4.78, 5) is 35.2. The summed E-state index contributed by atoms with van der Waals surface area (Å²) >= 11 is 7.24. The van der Waals surface area contributed by atoms with Crippen LogP contribution in [0.15, 0.2) is 66.4 Å².